The van der Waals surface area contributed by atoms with Gasteiger partial charge in [0.2, 0.25) is 0 Å². The second-order valence-electron chi connectivity index (χ2n) is 6.26. The van der Waals surface area contributed by atoms with E-state index in [1.54, 1.807) is 0 Å². The van der Waals surface area contributed by atoms with Crippen LogP contribution in [0.2, 0.25) is 0 Å². The van der Waals surface area contributed by atoms with Gasteiger partial charge in [0.05, 0.1) is 6.10 Å². The number of aliphatic hydroxyl groups is 1. The fraction of sp³-hybridized carbons (Fsp3) is 0.667. The van der Waals surface area contributed by atoms with Gasteiger partial charge in [-0.3, -0.25) is 4.90 Å². The molecule has 1 saturated heterocycles. The molecule has 2 atom stereocenters. The van der Waals surface area contributed by atoms with Gasteiger partial charge in [0.25, 0.3) is 0 Å². The van der Waals surface area contributed by atoms with Crippen molar-refractivity contribution in [2.24, 2.45) is 0 Å². The van der Waals surface area contributed by atoms with E-state index in [-0.39, 0.29) is 0 Å². The molecule has 3 heteroatoms. The fourth-order valence-corrected chi connectivity index (χ4v) is 3.33. The third-order valence-electron chi connectivity index (χ3n) is 4.69. The van der Waals surface area contributed by atoms with E-state index in [1.165, 1.54) is 24.9 Å². The Morgan fingerprint density at radius 2 is 2.00 bits per heavy atom. The van der Waals surface area contributed by atoms with Crippen molar-refractivity contribution in [3.8, 4) is 0 Å². The van der Waals surface area contributed by atoms with Crippen molar-refractivity contribution >= 4 is 0 Å². The molecule has 2 unspecified atom stereocenters. The Morgan fingerprint density at radius 3 is 2.62 bits per heavy atom. The summed E-state index contributed by atoms with van der Waals surface area (Å²) in [5, 5.41) is 10.4. The van der Waals surface area contributed by atoms with Crippen LogP contribution in [0.4, 0.5) is 0 Å². The monoisotopic (exact) mass is 290 g/mol. The summed E-state index contributed by atoms with van der Waals surface area (Å²) in [4.78, 5) is 4.83. The van der Waals surface area contributed by atoms with Crippen molar-refractivity contribution in [1.29, 1.82) is 0 Å². The van der Waals surface area contributed by atoms with E-state index in [9.17, 15) is 5.11 Å². The third kappa shape index (κ3) is 4.53. The molecule has 1 aliphatic heterocycles. The Bertz CT molecular complexity index is 418. The molecule has 0 amide bonds. The van der Waals surface area contributed by atoms with Crippen LogP contribution in [-0.2, 0) is 6.42 Å². The number of hydrogen-bond acceptors (Lipinski definition) is 3. The summed E-state index contributed by atoms with van der Waals surface area (Å²) >= 11 is 0. The van der Waals surface area contributed by atoms with E-state index in [2.05, 4.69) is 55.0 Å². The predicted octanol–water partition coefficient (Wildman–Crippen LogP) is 2.70. The number of hydrogen-bond donors (Lipinski definition) is 1. The Morgan fingerprint density at radius 1 is 1.29 bits per heavy atom. The van der Waals surface area contributed by atoms with Gasteiger partial charge in [0.1, 0.15) is 0 Å². The van der Waals surface area contributed by atoms with Crippen molar-refractivity contribution in [2.45, 2.75) is 45.3 Å². The molecule has 1 heterocycles. The van der Waals surface area contributed by atoms with Crippen molar-refractivity contribution < 1.29 is 5.11 Å². The summed E-state index contributed by atoms with van der Waals surface area (Å²) in [5.41, 5.74) is 2.35. The molecule has 1 aromatic rings. The minimum atomic E-state index is -0.391. The first-order valence-corrected chi connectivity index (χ1v) is 8.33. The van der Waals surface area contributed by atoms with Crippen LogP contribution in [0.15, 0.2) is 24.3 Å². The standard InChI is InChI=1S/C18H30N2O/c1-4-15-8-10-16(11-9-15)18(21)14-19(3)13-17-7-6-12-20(17)5-2/h8-11,17-18,21H,4-7,12-14H2,1-3H3. The SMILES string of the molecule is CCc1ccc(C(O)CN(C)CC2CCCN2CC)cc1. The summed E-state index contributed by atoms with van der Waals surface area (Å²) in [5.74, 6) is 0. The smallest absolute Gasteiger partial charge is 0.0916 e. The lowest BCUT2D eigenvalue weighted by molar-refractivity contribution is 0.109. The number of likely N-dealkylation sites (N-methyl/N-ethyl adjacent to an activating group) is 2. The van der Waals surface area contributed by atoms with Gasteiger partial charge in [0, 0.05) is 19.1 Å². The Balaban J connectivity index is 1.84. The molecular weight excluding hydrogens is 260 g/mol. The highest BCUT2D eigenvalue weighted by Crippen LogP contribution is 2.19. The van der Waals surface area contributed by atoms with E-state index in [1.807, 2.05) is 0 Å². The summed E-state index contributed by atoms with van der Waals surface area (Å²) in [6.45, 7) is 8.52. The summed E-state index contributed by atoms with van der Waals surface area (Å²) in [7, 11) is 2.12. The second kappa shape index (κ2) is 7.92. The topological polar surface area (TPSA) is 26.7 Å². The van der Waals surface area contributed by atoms with Gasteiger partial charge in [-0.2, -0.15) is 0 Å². The lowest BCUT2D eigenvalue weighted by atomic mass is 10.1. The normalized spacial score (nSPS) is 21.1. The molecule has 3 nitrogen and oxygen atoms in total. The van der Waals surface area contributed by atoms with Crippen LogP contribution in [0.3, 0.4) is 0 Å². The molecule has 21 heavy (non-hydrogen) atoms. The molecular formula is C18H30N2O. The quantitative estimate of drug-likeness (QED) is 0.836. The lowest BCUT2D eigenvalue weighted by Crippen LogP contribution is -2.40. The number of likely N-dealkylation sites (tertiary alicyclic amines) is 1. The molecule has 0 radical (unpaired) electrons. The van der Waals surface area contributed by atoms with Crippen molar-refractivity contribution in [2.75, 3.05) is 33.2 Å². The highest BCUT2D eigenvalue weighted by atomic mass is 16.3. The Kier molecular flexibility index (Phi) is 6.22. The van der Waals surface area contributed by atoms with Gasteiger partial charge >= 0.3 is 0 Å². The van der Waals surface area contributed by atoms with Gasteiger partial charge in [-0.25, -0.2) is 0 Å². The molecule has 0 spiro atoms. The zero-order chi connectivity index (χ0) is 15.2. The first kappa shape index (κ1) is 16.5. The number of rotatable bonds is 7. The highest BCUT2D eigenvalue weighted by molar-refractivity contribution is 5.24. The molecule has 1 N–H and O–H groups in total. The van der Waals surface area contributed by atoms with Crippen LogP contribution in [0, 0.1) is 0 Å². The van der Waals surface area contributed by atoms with Crippen molar-refractivity contribution in [3.05, 3.63) is 35.4 Å². The van der Waals surface area contributed by atoms with Crippen molar-refractivity contribution in [3.63, 3.8) is 0 Å². The van der Waals surface area contributed by atoms with Crippen LogP contribution >= 0.6 is 0 Å². The average Bonchev–Trinajstić information content (AvgIpc) is 2.94. The predicted molar refractivity (Wildman–Crippen MR) is 88.5 cm³/mol. The molecule has 0 aromatic heterocycles. The van der Waals surface area contributed by atoms with E-state index < -0.39 is 6.10 Å². The number of benzene rings is 1. The summed E-state index contributed by atoms with van der Waals surface area (Å²) in [6, 6.07) is 9.02. The number of nitrogens with zero attached hydrogens (tertiary/aromatic N) is 2. The zero-order valence-electron chi connectivity index (χ0n) is 13.8. The first-order valence-electron chi connectivity index (χ1n) is 8.33. The second-order valence-corrected chi connectivity index (χ2v) is 6.26. The van der Waals surface area contributed by atoms with Crippen LogP contribution in [0.5, 0.6) is 0 Å². The van der Waals surface area contributed by atoms with E-state index in [0.717, 1.165) is 25.1 Å². The van der Waals surface area contributed by atoms with Gasteiger partial charge in [-0.15, -0.1) is 0 Å². The molecule has 0 saturated carbocycles. The zero-order valence-corrected chi connectivity index (χ0v) is 13.8. The molecule has 0 bridgehead atoms. The van der Waals surface area contributed by atoms with Crippen LogP contribution in [0.25, 0.3) is 0 Å². The van der Waals surface area contributed by atoms with Gasteiger partial charge < -0.3 is 10.0 Å². The molecule has 2 rings (SSSR count). The van der Waals surface area contributed by atoms with Crippen LogP contribution in [0.1, 0.15) is 43.9 Å². The maximum atomic E-state index is 10.4. The largest absolute Gasteiger partial charge is 0.387 e. The van der Waals surface area contributed by atoms with Crippen LogP contribution < -0.4 is 0 Å². The third-order valence-corrected chi connectivity index (χ3v) is 4.69. The van der Waals surface area contributed by atoms with E-state index in [0.29, 0.717) is 12.6 Å². The molecule has 1 aliphatic rings. The molecule has 1 fully saturated rings. The maximum absolute atomic E-state index is 10.4. The van der Waals surface area contributed by atoms with E-state index >= 15 is 0 Å². The highest BCUT2D eigenvalue weighted by Gasteiger charge is 2.24. The molecule has 118 valence electrons. The maximum Gasteiger partial charge on any atom is 0.0916 e. The summed E-state index contributed by atoms with van der Waals surface area (Å²) in [6.07, 6.45) is 3.26. The van der Waals surface area contributed by atoms with Gasteiger partial charge in [-0.05, 0) is 50.5 Å². The van der Waals surface area contributed by atoms with Gasteiger partial charge in [0.15, 0.2) is 0 Å². The van der Waals surface area contributed by atoms with E-state index in [4.69, 9.17) is 0 Å². The first-order chi connectivity index (χ1) is 10.1. The summed E-state index contributed by atoms with van der Waals surface area (Å²) < 4.78 is 0. The van der Waals surface area contributed by atoms with Crippen LogP contribution in [-0.4, -0.2) is 54.2 Å². The van der Waals surface area contributed by atoms with Gasteiger partial charge in [-0.1, -0.05) is 38.1 Å². The minimum absolute atomic E-state index is 0.391. The fourth-order valence-electron chi connectivity index (χ4n) is 3.33. The average molecular weight is 290 g/mol. The minimum Gasteiger partial charge on any atom is -0.387 e. The number of aliphatic hydroxyl groups excluding tert-OH is 1. The molecule has 1 aromatic carbocycles. The lowest BCUT2D eigenvalue weighted by Gasteiger charge is -2.29. The van der Waals surface area contributed by atoms with Crippen molar-refractivity contribution in [1.82, 2.24) is 9.80 Å². The Labute approximate surface area is 129 Å². The molecule has 0 aliphatic carbocycles. The number of aryl methyl sites for hydroxylation is 1. The Hall–Kier alpha value is -0.900.